The molecule has 0 saturated heterocycles. The molecule has 1 saturated carbocycles. The summed E-state index contributed by atoms with van der Waals surface area (Å²) in [5.41, 5.74) is 2.15. The Morgan fingerprint density at radius 1 is 1.03 bits per heavy atom. The number of anilines is 2. The zero-order valence-corrected chi connectivity index (χ0v) is 20.4. The highest BCUT2D eigenvalue weighted by Gasteiger charge is 2.30. The first-order valence-electron chi connectivity index (χ1n) is 11.8. The average molecular weight is 446 g/mol. The second-order valence-electron chi connectivity index (χ2n) is 10.9. The average Bonchev–Trinajstić information content (AvgIpc) is 3.10. The van der Waals surface area contributed by atoms with Gasteiger partial charge in [-0.1, -0.05) is 6.42 Å². The maximum absolute atomic E-state index is 12.6. The number of rotatable bonds is 4. The molecule has 7 nitrogen and oxygen atoms in total. The number of carbonyl (C=O) groups excluding carboxylic acids is 2. The summed E-state index contributed by atoms with van der Waals surface area (Å²) in [5.74, 6) is 0.358. The Labute approximate surface area is 192 Å². The lowest BCUT2D eigenvalue weighted by atomic mass is 9.99. The van der Waals surface area contributed by atoms with Gasteiger partial charge in [0.15, 0.2) is 0 Å². The van der Waals surface area contributed by atoms with E-state index in [0.29, 0.717) is 25.0 Å². The van der Waals surface area contributed by atoms with E-state index >= 15 is 0 Å². The molecule has 0 bridgehead atoms. The van der Waals surface area contributed by atoms with Crippen molar-refractivity contribution in [3.8, 4) is 0 Å². The lowest BCUT2D eigenvalue weighted by molar-refractivity contribution is 0.0517. The van der Waals surface area contributed by atoms with Gasteiger partial charge >= 0.3 is 12.2 Å². The van der Waals surface area contributed by atoms with Crippen LogP contribution >= 0.6 is 0 Å². The molecule has 2 atom stereocenters. The van der Waals surface area contributed by atoms with Gasteiger partial charge in [-0.05, 0) is 96.9 Å². The Balaban J connectivity index is 1.62. The minimum Gasteiger partial charge on any atom is -0.444 e. The van der Waals surface area contributed by atoms with Crippen molar-refractivity contribution in [3.63, 3.8) is 0 Å². The molecule has 32 heavy (non-hydrogen) atoms. The highest BCUT2D eigenvalue weighted by atomic mass is 16.6. The second-order valence-corrected chi connectivity index (χ2v) is 10.9. The van der Waals surface area contributed by atoms with Crippen LogP contribution in [0.25, 0.3) is 0 Å². The van der Waals surface area contributed by atoms with Gasteiger partial charge in [-0.15, -0.1) is 0 Å². The van der Waals surface area contributed by atoms with Crippen molar-refractivity contribution in [2.75, 3.05) is 23.3 Å². The molecule has 0 aromatic heterocycles. The molecule has 3 rings (SSSR count). The van der Waals surface area contributed by atoms with Crippen molar-refractivity contribution in [2.24, 2.45) is 5.92 Å². The first-order chi connectivity index (χ1) is 14.9. The molecule has 1 aliphatic heterocycles. The molecule has 1 aromatic carbocycles. The van der Waals surface area contributed by atoms with Crippen molar-refractivity contribution in [2.45, 2.75) is 90.9 Å². The zero-order valence-electron chi connectivity index (χ0n) is 20.4. The van der Waals surface area contributed by atoms with E-state index in [1.54, 1.807) is 4.90 Å². The van der Waals surface area contributed by atoms with Crippen LogP contribution in [-0.4, -0.2) is 42.5 Å². The molecule has 178 valence electrons. The summed E-state index contributed by atoms with van der Waals surface area (Å²) in [5, 5.41) is 6.59. The first kappa shape index (κ1) is 24.2. The van der Waals surface area contributed by atoms with E-state index in [1.807, 2.05) is 53.7 Å². The normalized spacial score (nSPS) is 21.0. The second kappa shape index (κ2) is 9.59. The van der Waals surface area contributed by atoms with Gasteiger partial charge < -0.3 is 20.1 Å². The van der Waals surface area contributed by atoms with Gasteiger partial charge in [-0.2, -0.15) is 0 Å². The van der Waals surface area contributed by atoms with Crippen LogP contribution in [0.15, 0.2) is 18.2 Å². The molecule has 2 unspecified atom stereocenters. The number of hydrogen-bond acceptors (Lipinski definition) is 5. The number of benzene rings is 1. The minimum atomic E-state index is -0.513. The van der Waals surface area contributed by atoms with Crippen LogP contribution < -0.4 is 15.5 Å². The standard InChI is InChI=1S/C25H39N3O4/c1-24(2,3)31-22(29)26-16-18-9-7-11-20(18)27-19-12-13-21-17(15-19)10-8-14-28(21)23(30)32-25(4,5)6/h12-13,15,18,20,27H,7-11,14,16H2,1-6H3,(H,26,29). The van der Waals surface area contributed by atoms with Crippen LogP contribution in [0, 0.1) is 5.92 Å². The fourth-order valence-corrected chi connectivity index (χ4v) is 4.41. The van der Waals surface area contributed by atoms with Crippen LogP contribution in [0.4, 0.5) is 21.0 Å². The predicted molar refractivity (Wildman–Crippen MR) is 127 cm³/mol. The fraction of sp³-hybridized carbons (Fsp3) is 0.680. The van der Waals surface area contributed by atoms with Gasteiger partial charge in [-0.25, -0.2) is 9.59 Å². The number of ether oxygens (including phenoxy) is 2. The molecular weight excluding hydrogens is 406 g/mol. The van der Waals surface area contributed by atoms with Gasteiger partial charge in [0.1, 0.15) is 11.2 Å². The van der Waals surface area contributed by atoms with E-state index in [9.17, 15) is 9.59 Å². The number of hydrogen-bond donors (Lipinski definition) is 2. The van der Waals surface area contributed by atoms with Crippen molar-refractivity contribution in [1.29, 1.82) is 0 Å². The summed E-state index contributed by atoms with van der Waals surface area (Å²) in [6, 6.07) is 6.51. The van der Waals surface area contributed by atoms with Crippen LogP contribution in [0.1, 0.15) is 72.8 Å². The number of nitrogens with zero attached hydrogens (tertiary/aromatic N) is 1. The molecule has 2 aliphatic rings. The fourth-order valence-electron chi connectivity index (χ4n) is 4.41. The van der Waals surface area contributed by atoms with Crippen LogP contribution in [-0.2, 0) is 15.9 Å². The molecule has 1 aliphatic carbocycles. The van der Waals surface area contributed by atoms with Gasteiger partial charge in [0.25, 0.3) is 0 Å². The number of aryl methyl sites for hydroxylation is 1. The summed E-state index contributed by atoms with van der Waals surface area (Å²) in [6.07, 6.45) is 4.49. The van der Waals surface area contributed by atoms with E-state index in [2.05, 4.69) is 16.7 Å². The summed E-state index contributed by atoms with van der Waals surface area (Å²) < 4.78 is 10.9. The smallest absolute Gasteiger partial charge is 0.414 e. The topological polar surface area (TPSA) is 79.9 Å². The Hall–Kier alpha value is -2.44. The van der Waals surface area contributed by atoms with Gasteiger partial charge in [0, 0.05) is 24.8 Å². The third kappa shape index (κ3) is 6.78. The van der Waals surface area contributed by atoms with Crippen molar-refractivity contribution in [3.05, 3.63) is 23.8 Å². The molecular formula is C25H39N3O4. The largest absolute Gasteiger partial charge is 0.444 e. The molecule has 2 amide bonds. The number of alkyl carbamates (subject to hydrolysis) is 1. The van der Waals surface area contributed by atoms with Gasteiger partial charge in [-0.3, -0.25) is 4.90 Å². The number of nitrogens with one attached hydrogen (secondary N) is 2. The Kier molecular flexibility index (Phi) is 7.25. The van der Waals surface area contributed by atoms with Crippen LogP contribution in [0.5, 0.6) is 0 Å². The van der Waals surface area contributed by atoms with Crippen LogP contribution in [0.3, 0.4) is 0 Å². The first-order valence-corrected chi connectivity index (χ1v) is 11.8. The molecule has 2 N–H and O–H groups in total. The Morgan fingerprint density at radius 2 is 1.75 bits per heavy atom. The highest BCUT2D eigenvalue weighted by molar-refractivity contribution is 5.90. The van der Waals surface area contributed by atoms with E-state index < -0.39 is 11.2 Å². The quantitative estimate of drug-likeness (QED) is 0.641. The molecule has 0 spiro atoms. The summed E-state index contributed by atoms with van der Waals surface area (Å²) in [6.45, 7) is 12.5. The lowest BCUT2D eigenvalue weighted by Gasteiger charge is -2.32. The SMILES string of the molecule is CC(C)(C)OC(=O)NCC1CCCC1Nc1ccc2c(c1)CCCN2C(=O)OC(C)(C)C. The van der Waals surface area contributed by atoms with E-state index in [-0.39, 0.29) is 12.2 Å². The maximum atomic E-state index is 12.6. The van der Waals surface area contributed by atoms with E-state index in [4.69, 9.17) is 9.47 Å². The third-order valence-corrected chi connectivity index (χ3v) is 5.73. The molecule has 0 radical (unpaired) electrons. The third-order valence-electron chi connectivity index (χ3n) is 5.73. The predicted octanol–water partition coefficient (Wildman–Crippen LogP) is 5.48. The lowest BCUT2D eigenvalue weighted by Crippen LogP contribution is -2.40. The summed E-state index contributed by atoms with van der Waals surface area (Å²) >= 11 is 0. The minimum absolute atomic E-state index is 0.289. The number of fused-ring (bicyclic) bond motifs is 1. The zero-order chi connectivity index (χ0) is 23.5. The number of amides is 2. The van der Waals surface area contributed by atoms with Gasteiger partial charge in [0.05, 0.1) is 5.69 Å². The molecule has 7 heteroatoms. The van der Waals surface area contributed by atoms with Crippen molar-refractivity contribution < 1.29 is 19.1 Å². The van der Waals surface area contributed by atoms with Crippen LogP contribution in [0.2, 0.25) is 0 Å². The Morgan fingerprint density at radius 3 is 2.44 bits per heavy atom. The van der Waals surface area contributed by atoms with E-state index in [0.717, 1.165) is 49.0 Å². The van der Waals surface area contributed by atoms with E-state index in [1.165, 1.54) is 0 Å². The maximum Gasteiger partial charge on any atom is 0.414 e. The molecule has 1 heterocycles. The molecule has 1 fully saturated rings. The Bertz CT molecular complexity index is 825. The number of carbonyl (C=O) groups is 2. The monoisotopic (exact) mass is 445 g/mol. The summed E-state index contributed by atoms with van der Waals surface area (Å²) in [4.78, 5) is 26.4. The van der Waals surface area contributed by atoms with Gasteiger partial charge in [0.2, 0.25) is 0 Å². The summed E-state index contributed by atoms with van der Waals surface area (Å²) in [7, 11) is 0. The van der Waals surface area contributed by atoms with Crippen molar-refractivity contribution >= 4 is 23.6 Å². The van der Waals surface area contributed by atoms with Crippen molar-refractivity contribution in [1.82, 2.24) is 5.32 Å². The highest BCUT2D eigenvalue weighted by Crippen LogP contribution is 2.33. The molecule has 1 aromatic rings.